The summed E-state index contributed by atoms with van der Waals surface area (Å²) in [6.07, 6.45) is 3.82. The van der Waals surface area contributed by atoms with Gasteiger partial charge < -0.3 is 9.47 Å². The zero-order chi connectivity index (χ0) is 8.81. The van der Waals surface area contributed by atoms with Crippen molar-refractivity contribution in [3.8, 4) is 0 Å². The number of epoxide rings is 1. The molecule has 0 spiro atoms. The Hall–Kier alpha value is -0.570. The first-order valence-electron chi connectivity index (χ1n) is 4.60. The molecule has 0 amide bonds. The Bertz CT molecular complexity index is 141. The maximum Gasteiger partial charge on any atom is 0.305 e. The lowest BCUT2D eigenvalue weighted by molar-refractivity contribution is -0.143. The number of rotatable bonds is 6. The molecule has 0 aromatic carbocycles. The first-order chi connectivity index (χ1) is 5.83. The summed E-state index contributed by atoms with van der Waals surface area (Å²) < 4.78 is 9.99. The van der Waals surface area contributed by atoms with E-state index >= 15 is 0 Å². The van der Waals surface area contributed by atoms with E-state index in [-0.39, 0.29) is 5.97 Å². The molecule has 1 unspecified atom stereocenters. The van der Waals surface area contributed by atoms with Gasteiger partial charge in [0.2, 0.25) is 0 Å². The third-order valence-corrected chi connectivity index (χ3v) is 1.79. The normalized spacial score (nSPS) is 20.6. The second-order valence-corrected chi connectivity index (χ2v) is 3.07. The zero-order valence-electron chi connectivity index (χ0n) is 7.54. The smallest absolute Gasteiger partial charge is 0.305 e. The lowest BCUT2D eigenvalue weighted by atomic mass is 10.2. The minimum atomic E-state index is -0.0748. The fourth-order valence-electron chi connectivity index (χ4n) is 1.01. The number of hydrogen-bond acceptors (Lipinski definition) is 3. The molecule has 0 N–H and O–H groups in total. The highest BCUT2D eigenvalue weighted by atomic mass is 16.6. The van der Waals surface area contributed by atoms with Gasteiger partial charge in [0.1, 0.15) is 0 Å². The second kappa shape index (κ2) is 5.14. The maximum absolute atomic E-state index is 10.8. The van der Waals surface area contributed by atoms with Gasteiger partial charge in [-0.3, -0.25) is 4.79 Å². The van der Waals surface area contributed by atoms with Crippen LogP contribution in [0.15, 0.2) is 0 Å². The van der Waals surface area contributed by atoms with Crippen molar-refractivity contribution in [2.45, 2.75) is 38.7 Å². The van der Waals surface area contributed by atoms with Crippen LogP contribution in [0.4, 0.5) is 0 Å². The van der Waals surface area contributed by atoms with Gasteiger partial charge >= 0.3 is 5.97 Å². The van der Waals surface area contributed by atoms with Crippen molar-refractivity contribution in [2.24, 2.45) is 0 Å². The summed E-state index contributed by atoms with van der Waals surface area (Å²) in [5, 5.41) is 0. The van der Waals surface area contributed by atoms with Gasteiger partial charge in [-0.25, -0.2) is 0 Å². The summed E-state index contributed by atoms with van der Waals surface area (Å²) in [6, 6.07) is 0. The monoisotopic (exact) mass is 172 g/mol. The van der Waals surface area contributed by atoms with E-state index in [9.17, 15) is 4.79 Å². The van der Waals surface area contributed by atoms with Gasteiger partial charge in [-0.15, -0.1) is 0 Å². The average Bonchev–Trinajstić information content (AvgIpc) is 2.82. The molecule has 0 bridgehead atoms. The molecule has 12 heavy (non-hydrogen) atoms. The van der Waals surface area contributed by atoms with E-state index < -0.39 is 0 Å². The molecular weight excluding hydrogens is 156 g/mol. The number of carbonyl (C=O) groups is 1. The minimum absolute atomic E-state index is 0.0748. The molecule has 0 saturated carbocycles. The Morgan fingerprint density at radius 1 is 1.67 bits per heavy atom. The van der Waals surface area contributed by atoms with Crippen LogP contribution in [-0.4, -0.2) is 25.3 Å². The van der Waals surface area contributed by atoms with Crippen LogP contribution in [-0.2, 0) is 14.3 Å². The first kappa shape index (κ1) is 9.52. The Labute approximate surface area is 73.0 Å². The third-order valence-electron chi connectivity index (χ3n) is 1.79. The minimum Gasteiger partial charge on any atom is -0.466 e. The second-order valence-electron chi connectivity index (χ2n) is 3.07. The summed E-state index contributed by atoms with van der Waals surface area (Å²) >= 11 is 0. The van der Waals surface area contributed by atoms with Crippen molar-refractivity contribution in [3.05, 3.63) is 0 Å². The molecule has 1 rings (SSSR count). The molecule has 1 aliphatic heterocycles. The largest absolute Gasteiger partial charge is 0.466 e. The number of hydrogen-bond donors (Lipinski definition) is 0. The first-order valence-corrected chi connectivity index (χ1v) is 4.60. The van der Waals surface area contributed by atoms with Crippen molar-refractivity contribution in [1.29, 1.82) is 0 Å². The van der Waals surface area contributed by atoms with Gasteiger partial charge in [-0.05, 0) is 19.3 Å². The molecule has 1 saturated heterocycles. The predicted molar refractivity (Wildman–Crippen MR) is 44.8 cm³/mol. The molecule has 1 aliphatic rings. The van der Waals surface area contributed by atoms with Crippen LogP contribution in [0.2, 0.25) is 0 Å². The number of esters is 1. The summed E-state index contributed by atoms with van der Waals surface area (Å²) in [6.45, 7) is 3.42. The molecule has 0 radical (unpaired) electrons. The fourth-order valence-corrected chi connectivity index (χ4v) is 1.01. The standard InChI is InChI=1S/C9H16O3/c1-2-4-9(10)11-6-3-5-8-7-12-8/h8H,2-7H2,1H3. The van der Waals surface area contributed by atoms with Crippen LogP contribution in [0.1, 0.15) is 32.6 Å². The van der Waals surface area contributed by atoms with Crippen molar-refractivity contribution >= 4 is 5.97 Å². The lowest BCUT2D eigenvalue weighted by Crippen LogP contribution is -2.05. The summed E-state index contributed by atoms with van der Waals surface area (Å²) in [4.78, 5) is 10.8. The van der Waals surface area contributed by atoms with Gasteiger partial charge in [-0.2, -0.15) is 0 Å². The topological polar surface area (TPSA) is 38.8 Å². The van der Waals surface area contributed by atoms with E-state index in [1.807, 2.05) is 6.92 Å². The fraction of sp³-hybridized carbons (Fsp3) is 0.889. The van der Waals surface area contributed by atoms with Crippen LogP contribution in [0.5, 0.6) is 0 Å². The average molecular weight is 172 g/mol. The third kappa shape index (κ3) is 4.34. The SMILES string of the molecule is CCCC(=O)OCCCC1CO1. The van der Waals surface area contributed by atoms with Crippen LogP contribution >= 0.6 is 0 Å². The Kier molecular flexibility index (Phi) is 4.08. The molecule has 1 fully saturated rings. The summed E-state index contributed by atoms with van der Waals surface area (Å²) in [7, 11) is 0. The van der Waals surface area contributed by atoms with Gasteiger partial charge in [-0.1, -0.05) is 6.92 Å². The van der Waals surface area contributed by atoms with Crippen LogP contribution in [0.3, 0.4) is 0 Å². The van der Waals surface area contributed by atoms with E-state index in [1.54, 1.807) is 0 Å². The molecule has 0 aliphatic carbocycles. The molecule has 3 nitrogen and oxygen atoms in total. The molecular formula is C9H16O3. The van der Waals surface area contributed by atoms with E-state index in [0.717, 1.165) is 25.9 Å². The molecule has 1 atom stereocenters. The number of carbonyl (C=O) groups excluding carboxylic acids is 1. The van der Waals surface area contributed by atoms with Gasteiger partial charge in [0, 0.05) is 6.42 Å². The van der Waals surface area contributed by atoms with Gasteiger partial charge in [0.15, 0.2) is 0 Å². The van der Waals surface area contributed by atoms with Crippen LogP contribution in [0.25, 0.3) is 0 Å². The van der Waals surface area contributed by atoms with Crippen molar-refractivity contribution in [2.75, 3.05) is 13.2 Å². The molecule has 1 heterocycles. The van der Waals surface area contributed by atoms with E-state index in [2.05, 4.69) is 0 Å². The highest BCUT2D eigenvalue weighted by Gasteiger charge is 2.21. The Morgan fingerprint density at radius 2 is 2.42 bits per heavy atom. The highest BCUT2D eigenvalue weighted by molar-refractivity contribution is 5.69. The van der Waals surface area contributed by atoms with Gasteiger partial charge in [0.05, 0.1) is 19.3 Å². The number of ether oxygens (including phenoxy) is 2. The zero-order valence-corrected chi connectivity index (χ0v) is 7.54. The lowest BCUT2D eigenvalue weighted by Gasteiger charge is -2.01. The van der Waals surface area contributed by atoms with Crippen LogP contribution in [0, 0.1) is 0 Å². The van der Waals surface area contributed by atoms with Crippen molar-refractivity contribution in [3.63, 3.8) is 0 Å². The van der Waals surface area contributed by atoms with E-state index in [0.29, 0.717) is 19.1 Å². The van der Waals surface area contributed by atoms with Crippen molar-refractivity contribution in [1.82, 2.24) is 0 Å². The maximum atomic E-state index is 10.8. The molecule has 3 heteroatoms. The van der Waals surface area contributed by atoms with E-state index in [4.69, 9.17) is 9.47 Å². The Balaban J connectivity index is 1.83. The van der Waals surface area contributed by atoms with Crippen molar-refractivity contribution < 1.29 is 14.3 Å². The summed E-state index contributed by atoms with van der Waals surface area (Å²) in [5.74, 6) is -0.0748. The van der Waals surface area contributed by atoms with Gasteiger partial charge in [0.25, 0.3) is 0 Å². The predicted octanol–water partition coefficient (Wildman–Crippen LogP) is 1.51. The quantitative estimate of drug-likeness (QED) is 0.346. The summed E-state index contributed by atoms with van der Waals surface area (Å²) in [5.41, 5.74) is 0. The Morgan fingerprint density at radius 3 is 3.00 bits per heavy atom. The van der Waals surface area contributed by atoms with E-state index in [1.165, 1.54) is 0 Å². The molecule has 70 valence electrons. The van der Waals surface area contributed by atoms with Crippen LogP contribution < -0.4 is 0 Å². The molecule has 0 aromatic heterocycles. The highest BCUT2D eigenvalue weighted by Crippen LogP contribution is 2.15. The molecule has 0 aromatic rings.